The van der Waals surface area contributed by atoms with Gasteiger partial charge < -0.3 is 24.8 Å². The molecule has 0 saturated carbocycles. The summed E-state index contributed by atoms with van der Waals surface area (Å²) in [6, 6.07) is 5.50. The van der Waals surface area contributed by atoms with Gasteiger partial charge in [0.25, 0.3) is 5.91 Å². The van der Waals surface area contributed by atoms with Crippen molar-refractivity contribution in [3.8, 4) is 0 Å². The molecule has 24 heavy (non-hydrogen) atoms. The summed E-state index contributed by atoms with van der Waals surface area (Å²) in [6.45, 7) is 6.37. The van der Waals surface area contributed by atoms with E-state index in [0.29, 0.717) is 25.4 Å². The first-order chi connectivity index (χ1) is 11.7. The minimum absolute atomic E-state index is 0.184. The molecule has 0 radical (unpaired) electrons. The van der Waals surface area contributed by atoms with Gasteiger partial charge in [-0.25, -0.2) is 4.99 Å². The van der Waals surface area contributed by atoms with Crippen molar-refractivity contribution in [2.45, 2.75) is 26.8 Å². The quantitative estimate of drug-likeness (QED) is 0.391. The Morgan fingerprint density at radius 1 is 1.12 bits per heavy atom. The highest BCUT2D eigenvalue weighted by molar-refractivity contribution is 5.92. The van der Waals surface area contributed by atoms with Crippen LogP contribution in [0.5, 0.6) is 0 Å². The largest absolute Gasteiger partial charge is 0.467 e. The second kappa shape index (κ2) is 9.44. The van der Waals surface area contributed by atoms with Crippen LogP contribution in [0.25, 0.3) is 0 Å². The third-order valence-corrected chi connectivity index (χ3v) is 3.32. The zero-order valence-electron chi connectivity index (χ0n) is 14.1. The lowest BCUT2D eigenvalue weighted by Gasteiger charge is -2.11. The van der Waals surface area contributed by atoms with Gasteiger partial charge in [0.1, 0.15) is 12.3 Å². The maximum absolute atomic E-state index is 11.9. The number of hydrogen-bond acceptors (Lipinski definition) is 4. The number of rotatable bonds is 8. The first-order valence-electron chi connectivity index (χ1n) is 8.07. The summed E-state index contributed by atoms with van der Waals surface area (Å²) in [4.78, 5) is 16.3. The molecule has 2 aromatic heterocycles. The zero-order chi connectivity index (χ0) is 17.2. The lowest BCUT2D eigenvalue weighted by atomic mass is 10.2. The van der Waals surface area contributed by atoms with E-state index >= 15 is 0 Å². The van der Waals surface area contributed by atoms with E-state index in [-0.39, 0.29) is 5.91 Å². The Bertz CT molecular complexity index is 647. The monoisotopic (exact) mass is 332 g/mol. The van der Waals surface area contributed by atoms with Gasteiger partial charge in [-0.1, -0.05) is 0 Å². The molecule has 0 aliphatic carbocycles. The van der Waals surface area contributed by atoms with Crippen molar-refractivity contribution in [2.24, 2.45) is 4.99 Å². The first-order valence-corrected chi connectivity index (χ1v) is 8.07. The van der Waals surface area contributed by atoms with Gasteiger partial charge in [0.2, 0.25) is 0 Å². The number of aryl methyl sites for hydroxylation is 1. The van der Waals surface area contributed by atoms with Crippen LogP contribution in [-0.4, -0.2) is 31.5 Å². The van der Waals surface area contributed by atoms with Crippen molar-refractivity contribution in [3.63, 3.8) is 0 Å². The van der Waals surface area contributed by atoms with Crippen LogP contribution in [0.1, 0.15) is 35.2 Å². The normalized spacial score (nSPS) is 11.3. The van der Waals surface area contributed by atoms with E-state index in [1.165, 1.54) is 6.26 Å². The van der Waals surface area contributed by atoms with Crippen LogP contribution in [0.3, 0.4) is 0 Å². The highest BCUT2D eigenvalue weighted by Gasteiger charge is 2.11. The summed E-state index contributed by atoms with van der Waals surface area (Å²) in [5.74, 6) is 1.72. The number of hydrogen-bond donors (Lipinski definition) is 3. The molecule has 0 aliphatic heterocycles. The van der Waals surface area contributed by atoms with Gasteiger partial charge >= 0.3 is 0 Å². The molecule has 0 spiro atoms. The fourth-order valence-corrected chi connectivity index (χ4v) is 2.08. The minimum Gasteiger partial charge on any atom is -0.467 e. The summed E-state index contributed by atoms with van der Waals surface area (Å²) in [7, 11) is 0. The minimum atomic E-state index is -0.184. The molecule has 7 heteroatoms. The molecule has 3 N–H and O–H groups in total. The lowest BCUT2D eigenvalue weighted by Crippen LogP contribution is -2.38. The summed E-state index contributed by atoms with van der Waals surface area (Å²) in [5.41, 5.74) is 0.838. The van der Waals surface area contributed by atoms with Crippen molar-refractivity contribution in [1.29, 1.82) is 0 Å². The highest BCUT2D eigenvalue weighted by Crippen LogP contribution is 2.07. The van der Waals surface area contributed by atoms with E-state index in [2.05, 4.69) is 20.9 Å². The number of furan rings is 2. The highest BCUT2D eigenvalue weighted by atomic mass is 16.3. The molecule has 2 rings (SSSR count). The smallest absolute Gasteiger partial charge is 0.287 e. The Morgan fingerprint density at radius 2 is 1.96 bits per heavy atom. The molecule has 0 aliphatic rings. The molecule has 0 saturated heterocycles. The Kier molecular flexibility index (Phi) is 6.94. The number of nitrogens with zero attached hydrogens (tertiary/aromatic N) is 1. The van der Waals surface area contributed by atoms with E-state index in [9.17, 15) is 4.79 Å². The first kappa shape index (κ1) is 17.7. The fraction of sp³-hybridized carbons (Fsp3) is 0.412. The van der Waals surface area contributed by atoms with Crippen LogP contribution in [0, 0.1) is 6.92 Å². The maximum Gasteiger partial charge on any atom is 0.287 e. The third-order valence-electron chi connectivity index (χ3n) is 3.32. The van der Waals surface area contributed by atoms with Crippen molar-refractivity contribution in [3.05, 3.63) is 47.8 Å². The topological polar surface area (TPSA) is 91.8 Å². The Labute approximate surface area is 141 Å². The standard InChI is InChI=1S/C17H24N4O3/c1-3-18-17(21-12-14-6-4-10-23-14)20-9-5-8-19-16(22)15-13(2)7-11-24-15/h4,6-7,10-11H,3,5,8-9,12H2,1-2H3,(H,19,22)(H2,18,20,21). The van der Waals surface area contributed by atoms with Gasteiger partial charge in [-0.05, 0) is 38.5 Å². The van der Waals surface area contributed by atoms with Gasteiger partial charge in [0.05, 0.1) is 12.5 Å². The molecule has 0 aromatic carbocycles. The predicted octanol–water partition coefficient (Wildman–Crippen LogP) is 2.06. The maximum atomic E-state index is 11.9. The number of guanidine groups is 1. The third kappa shape index (κ3) is 5.49. The SMILES string of the molecule is CCNC(=NCc1ccco1)NCCCNC(=O)c1occc1C. The average molecular weight is 332 g/mol. The Morgan fingerprint density at radius 3 is 2.62 bits per heavy atom. The van der Waals surface area contributed by atoms with E-state index in [4.69, 9.17) is 8.83 Å². The molecule has 0 fully saturated rings. The van der Waals surface area contributed by atoms with Crippen molar-refractivity contribution in [1.82, 2.24) is 16.0 Å². The van der Waals surface area contributed by atoms with Crippen molar-refractivity contribution in [2.75, 3.05) is 19.6 Å². The Hall–Kier alpha value is -2.70. The molecule has 0 atom stereocenters. The molecule has 7 nitrogen and oxygen atoms in total. The number of carbonyl (C=O) groups excluding carboxylic acids is 1. The Balaban J connectivity index is 1.68. The van der Waals surface area contributed by atoms with Crippen LogP contribution in [0.4, 0.5) is 0 Å². The zero-order valence-corrected chi connectivity index (χ0v) is 14.1. The second-order valence-corrected chi connectivity index (χ2v) is 5.24. The van der Waals surface area contributed by atoms with E-state index in [1.807, 2.05) is 26.0 Å². The molecule has 0 unspecified atom stereocenters. The van der Waals surface area contributed by atoms with Crippen LogP contribution in [0.2, 0.25) is 0 Å². The van der Waals surface area contributed by atoms with Crippen LogP contribution in [-0.2, 0) is 6.54 Å². The van der Waals surface area contributed by atoms with E-state index in [0.717, 1.165) is 30.2 Å². The van der Waals surface area contributed by atoms with Crippen molar-refractivity contribution < 1.29 is 13.6 Å². The average Bonchev–Trinajstić information content (AvgIpc) is 3.23. The van der Waals surface area contributed by atoms with Crippen molar-refractivity contribution >= 4 is 11.9 Å². The van der Waals surface area contributed by atoms with Gasteiger partial charge in [0, 0.05) is 25.2 Å². The molecule has 1 amide bonds. The van der Waals surface area contributed by atoms with E-state index < -0.39 is 0 Å². The summed E-state index contributed by atoms with van der Waals surface area (Å²) >= 11 is 0. The molecule has 130 valence electrons. The van der Waals surface area contributed by atoms with Crippen LogP contribution in [0.15, 0.2) is 44.6 Å². The summed E-state index contributed by atoms with van der Waals surface area (Å²) in [5, 5.41) is 9.23. The summed E-state index contributed by atoms with van der Waals surface area (Å²) < 4.78 is 10.4. The number of carbonyl (C=O) groups is 1. The van der Waals surface area contributed by atoms with E-state index in [1.54, 1.807) is 12.3 Å². The molecular weight excluding hydrogens is 308 g/mol. The molecule has 2 aromatic rings. The predicted molar refractivity (Wildman–Crippen MR) is 91.9 cm³/mol. The second-order valence-electron chi connectivity index (χ2n) is 5.24. The fourth-order valence-electron chi connectivity index (χ4n) is 2.08. The van der Waals surface area contributed by atoms with Gasteiger partial charge in [-0.15, -0.1) is 0 Å². The number of aliphatic imine (C=N–C) groups is 1. The van der Waals surface area contributed by atoms with Crippen LogP contribution < -0.4 is 16.0 Å². The molecular formula is C17H24N4O3. The molecule has 0 bridgehead atoms. The van der Waals surface area contributed by atoms with Gasteiger partial charge in [-0.2, -0.15) is 0 Å². The lowest BCUT2D eigenvalue weighted by molar-refractivity contribution is 0.0925. The summed E-state index contributed by atoms with van der Waals surface area (Å²) in [6.07, 6.45) is 3.93. The van der Waals surface area contributed by atoms with Crippen LogP contribution >= 0.6 is 0 Å². The van der Waals surface area contributed by atoms with Gasteiger partial charge in [-0.3, -0.25) is 4.79 Å². The number of amides is 1. The van der Waals surface area contributed by atoms with Gasteiger partial charge in [0.15, 0.2) is 11.7 Å². The number of nitrogens with one attached hydrogen (secondary N) is 3. The molecule has 2 heterocycles.